The number of nitrogens with one attached hydrogen (secondary N) is 1. The third-order valence-corrected chi connectivity index (χ3v) is 4.72. The Morgan fingerprint density at radius 2 is 2.00 bits per heavy atom. The summed E-state index contributed by atoms with van der Waals surface area (Å²) in [5, 5.41) is 7.93. The van der Waals surface area contributed by atoms with Gasteiger partial charge in [-0.15, -0.1) is 0 Å². The van der Waals surface area contributed by atoms with E-state index in [0.29, 0.717) is 19.6 Å². The molecular formula is C15H22N2O4S. The molecule has 7 heteroatoms. The monoisotopic (exact) mass is 326 g/mol. The van der Waals surface area contributed by atoms with Crippen LogP contribution in [0.3, 0.4) is 0 Å². The zero-order chi connectivity index (χ0) is 16.4. The normalized spacial score (nSPS) is 21.3. The van der Waals surface area contributed by atoms with Crippen molar-refractivity contribution < 1.29 is 17.9 Å². The van der Waals surface area contributed by atoms with Crippen LogP contribution in [-0.4, -0.2) is 26.5 Å². The molecule has 1 atom stereocenters. The molecule has 22 heavy (non-hydrogen) atoms. The largest absolute Gasteiger partial charge is 0.376 e. The number of carbonyl (C=O) groups is 1. The van der Waals surface area contributed by atoms with Gasteiger partial charge in [0, 0.05) is 19.1 Å². The standard InChI is InChI=1S/C15H22N2O4S/c1-15(2)9-12(7-8-21-15)14(18)17-10-11-3-5-13(6-4-11)22(16,19)20/h3-6,12H,7-10H2,1-2H3,(H,17,18)(H2,16,19,20)/t12-/m0/s1. The predicted molar refractivity (Wildman–Crippen MR) is 82.4 cm³/mol. The topological polar surface area (TPSA) is 98.5 Å². The summed E-state index contributed by atoms with van der Waals surface area (Å²) in [5.74, 6) is -0.0423. The highest BCUT2D eigenvalue weighted by Crippen LogP contribution is 2.28. The molecule has 0 unspecified atom stereocenters. The summed E-state index contributed by atoms with van der Waals surface area (Å²) in [5.41, 5.74) is 0.560. The molecule has 1 amide bonds. The summed E-state index contributed by atoms with van der Waals surface area (Å²) >= 11 is 0. The van der Waals surface area contributed by atoms with E-state index < -0.39 is 10.0 Å². The van der Waals surface area contributed by atoms with Crippen molar-refractivity contribution >= 4 is 15.9 Å². The first kappa shape index (κ1) is 16.9. The number of rotatable bonds is 4. The number of hydrogen-bond acceptors (Lipinski definition) is 4. The summed E-state index contributed by atoms with van der Waals surface area (Å²) in [7, 11) is -3.68. The molecule has 1 aromatic carbocycles. The van der Waals surface area contributed by atoms with E-state index in [9.17, 15) is 13.2 Å². The molecule has 1 aliphatic rings. The van der Waals surface area contributed by atoms with Crippen LogP contribution in [0, 0.1) is 5.92 Å². The molecular weight excluding hydrogens is 304 g/mol. The van der Waals surface area contributed by atoms with Gasteiger partial charge in [-0.3, -0.25) is 4.79 Å². The maximum absolute atomic E-state index is 12.2. The van der Waals surface area contributed by atoms with Crippen molar-refractivity contribution in [2.45, 2.75) is 43.7 Å². The molecule has 2 rings (SSSR count). The average Bonchev–Trinajstić information content (AvgIpc) is 2.43. The van der Waals surface area contributed by atoms with Gasteiger partial charge < -0.3 is 10.1 Å². The highest BCUT2D eigenvalue weighted by Gasteiger charge is 2.32. The number of nitrogens with two attached hydrogens (primary N) is 1. The van der Waals surface area contributed by atoms with Crippen molar-refractivity contribution in [3.05, 3.63) is 29.8 Å². The van der Waals surface area contributed by atoms with Gasteiger partial charge in [0.05, 0.1) is 10.5 Å². The maximum atomic E-state index is 12.2. The van der Waals surface area contributed by atoms with E-state index in [1.165, 1.54) is 12.1 Å². The lowest BCUT2D eigenvalue weighted by molar-refractivity contribution is -0.135. The molecule has 1 aromatic rings. The second kappa shape index (κ2) is 6.36. The molecule has 0 spiro atoms. The summed E-state index contributed by atoms with van der Waals surface area (Å²) < 4.78 is 28.0. The van der Waals surface area contributed by atoms with Gasteiger partial charge in [0.1, 0.15) is 0 Å². The van der Waals surface area contributed by atoms with E-state index in [1.807, 2.05) is 13.8 Å². The Morgan fingerprint density at radius 3 is 2.55 bits per heavy atom. The zero-order valence-corrected chi connectivity index (χ0v) is 13.7. The molecule has 0 aromatic heterocycles. The van der Waals surface area contributed by atoms with Crippen LogP contribution < -0.4 is 10.5 Å². The van der Waals surface area contributed by atoms with Crippen LogP contribution in [0.2, 0.25) is 0 Å². The van der Waals surface area contributed by atoms with Gasteiger partial charge in [0.15, 0.2) is 0 Å². The number of hydrogen-bond donors (Lipinski definition) is 2. The zero-order valence-electron chi connectivity index (χ0n) is 12.8. The molecule has 0 aliphatic carbocycles. The van der Waals surface area contributed by atoms with E-state index in [4.69, 9.17) is 9.88 Å². The SMILES string of the molecule is CC1(C)C[C@@H](C(=O)NCc2ccc(S(N)(=O)=O)cc2)CCO1. The second-order valence-corrected chi connectivity index (χ2v) is 7.77. The molecule has 1 fully saturated rings. The Bertz CT molecular complexity index is 638. The molecule has 122 valence electrons. The van der Waals surface area contributed by atoms with Gasteiger partial charge in [-0.25, -0.2) is 13.6 Å². The van der Waals surface area contributed by atoms with Crippen molar-refractivity contribution in [2.75, 3.05) is 6.61 Å². The molecule has 0 bridgehead atoms. The molecule has 0 radical (unpaired) electrons. The average molecular weight is 326 g/mol. The van der Waals surface area contributed by atoms with Gasteiger partial charge in [-0.05, 0) is 44.4 Å². The van der Waals surface area contributed by atoms with Crippen molar-refractivity contribution in [1.29, 1.82) is 0 Å². The first-order valence-electron chi connectivity index (χ1n) is 7.21. The van der Waals surface area contributed by atoms with E-state index >= 15 is 0 Å². The first-order valence-corrected chi connectivity index (χ1v) is 8.75. The molecule has 1 saturated heterocycles. The lowest BCUT2D eigenvalue weighted by Gasteiger charge is -2.34. The summed E-state index contributed by atoms with van der Waals surface area (Å²) in [4.78, 5) is 12.3. The minimum absolute atomic E-state index is 0.00639. The Balaban J connectivity index is 1.91. The lowest BCUT2D eigenvalue weighted by atomic mass is 9.88. The Labute approximate surface area is 131 Å². The minimum Gasteiger partial charge on any atom is -0.376 e. The minimum atomic E-state index is -3.68. The quantitative estimate of drug-likeness (QED) is 0.867. The van der Waals surface area contributed by atoms with Gasteiger partial charge in [0.2, 0.25) is 15.9 Å². The second-order valence-electron chi connectivity index (χ2n) is 6.20. The number of carbonyl (C=O) groups excluding carboxylic acids is 1. The number of ether oxygens (including phenoxy) is 1. The fraction of sp³-hybridized carbons (Fsp3) is 0.533. The number of amides is 1. The highest BCUT2D eigenvalue weighted by molar-refractivity contribution is 7.89. The Hall–Kier alpha value is -1.44. The van der Waals surface area contributed by atoms with Crippen LogP contribution in [0.5, 0.6) is 0 Å². The molecule has 1 aliphatic heterocycles. The third kappa shape index (κ3) is 4.53. The smallest absolute Gasteiger partial charge is 0.238 e. The van der Waals surface area contributed by atoms with Gasteiger partial charge in [-0.2, -0.15) is 0 Å². The van der Waals surface area contributed by atoms with Crippen LogP contribution in [0.1, 0.15) is 32.3 Å². The van der Waals surface area contributed by atoms with Gasteiger partial charge >= 0.3 is 0 Å². The predicted octanol–water partition coefficient (Wildman–Crippen LogP) is 1.16. The summed E-state index contributed by atoms with van der Waals surface area (Å²) in [6.07, 6.45) is 1.42. The Kier molecular flexibility index (Phi) is 4.89. The van der Waals surface area contributed by atoms with E-state index in [0.717, 1.165) is 12.0 Å². The molecule has 6 nitrogen and oxygen atoms in total. The van der Waals surface area contributed by atoms with Crippen LogP contribution in [0.25, 0.3) is 0 Å². The van der Waals surface area contributed by atoms with E-state index in [2.05, 4.69) is 5.32 Å². The molecule has 3 N–H and O–H groups in total. The van der Waals surface area contributed by atoms with Crippen molar-refractivity contribution in [1.82, 2.24) is 5.32 Å². The van der Waals surface area contributed by atoms with Crippen LogP contribution >= 0.6 is 0 Å². The molecule has 1 heterocycles. The summed E-state index contributed by atoms with van der Waals surface area (Å²) in [6, 6.07) is 6.17. The number of benzene rings is 1. The van der Waals surface area contributed by atoms with Crippen molar-refractivity contribution in [3.8, 4) is 0 Å². The van der Waals surface area contributed by atoms with Crippen LogP contribution in [0.15, 0.2) is 29.2 Å². The Morgan fingerprint density at radius 1 is 1.36 bits per heavy atom. The maximum Gasteiger partial charge on any atom is 0.238 e. The first-order chi connectivity index (χ1) is 10.2. The van der Waals surface area contributed by atoms with Crippen molar-refractivity contribution in [2.24, 2.45) is 11.1 Å². The third-order valence-electron chi connectivity index (χ3n) is 3.79. The van der Waals surface area contributed by atoms with Gasteiger partial charge in [0.25, 0.3) is 0 Å². The van der Waals surface area contributed by atoms with Crippen LogP contribution in [-0.2, 0) is 26.1 Å². The fourth-order valence-electron chi connectivity index (χ4n) is 2.59. The highest BCUT2D eigenvalue weighted by atomic mass is 32.2. The van der Waals surface area contributed by atoms with Crippen molar-refractivity contribution in [3.63, 3.8) is 0 Å². The van der Waals surface area contributed by atoms with E-state index in [1.54, 1.807) is 12.1 Å². The number of sulfonamides is 1. The number of primary sulfonamides is 1. The van der Waals surface area contributed by atoms with Crippen LogP contribution in [0.4, 0.5) is 0 Å². The van der Waals surface area contributed by atoms with Gasteiger partial charge in [-0.1, -0.05) is 12.1 Å². The lowest BCUT2D eigenvalue weighted by Crippen LogP contribution is -2.41. The molecule has 0 saturated carbocycles. The fourth-order valence-corrected chi connectivity index (χ4v) is 3.10. The van der Waals surface area contributed by atoms with E-state index in [-0.39, 0.29) is 22.3 Å². The summed E-state index contributed by atoms with van der Waals surface area (Å²) in [6.45, 7) is 4.92.